The molecule has 0 N–H and O–H groups in total. The molecule has 7 heteroatoms. The van der Waals surface area contributed by atoms with Crippen LogP contribution >= 0.6 is 11.3 Å². The maximum absolute atomic E-state index is 11.9. The molecular weight excluding hydrogens is 300 g/mol. The molecule has 4 heterocycles. The van der Waals surface area contributed by atoms with Crippen LogP contribution in [-0.2, 0) is 0 Å². The predicted molar refractivity (Wildman–Crippen MR) is 84.3 cm³/mol. The van der Waals surface area contributed by atoms with Crippen molar-refractivity contribution in [3.8, 4) is 0 Å². The molecule has 0 radical (unpaired) electrons. The van der Waals surface area contributed by atoms with E-state index in [1.54, 1.807) is 6.26 Å². The second kappa shape index (κ2) is 5.24. The fourth-order valence-corrected chi connectivity index (χ4v) is 3.92. The number of nitrogens with zero attached hydrogens (tertiary/aromatic N) is 4. The molecule has 3 aromatic rings. The van der Waals surface area contributed by atoms with Gasteiger partial charge in [-0.3, -0.25) is 4.79 Å². The van der Waals surface area contributed by atoms with Gasteiger partial charge in [0, 0.05) is 18.8 Å². The minimum absolute atomic E-state index is 0.146. The van der Waals surface area contributed by atoms with Gasteiger partial charge in [0.25, 0.3) is 5.56 Å². The molecule has 1 saturated heterocycles. The van der Waals surface area contributed by atoms with E-state index in [0.29, 0.717) is 10.9 Å². The third kappa shape index (κ3) is 2.21. The quantitative estimate of drug-likeness (QED) is 0.727. The average molecular weight is 316 g/mol. The molecule has 114 valence electrons. The Morgan fingerprint density at radius 2 is 2.32 bits per heavy atom. The smallest absolute Gasteiger partial charge is 0.275 e. The summed E-state index contributed by atoms with van der Waals surface area (Å²) in [5.74, 6) is 1.59. The molecule has 2 unspecified atom stereocenters. The van der Waals surface area contributed by atoms with Gasteiger partial charge in [-0.05, 0) is 30.9 Å². The molecule has 1 fully saturated rings. The molecule has 1 aliphatic heterocycles. The third-order valence-corrected chi connectivity index (χ3v) is 5.10. The fraction of sp³-hybridized carbons (Fsp3) is 0.400. The van der Waals surface area contributed by atoms with Crippen LogP contribution in [0.4, 0.5) is 5.13 Å². The first-order valence-corrected chi connectivity index (χ1v) is 8.19. The van der Waals surface area contributed by atoms with Crippen molar-refractivity contribution in [3.63, 3.8) is 0 Å². The Hall–Kier alpha value is -2.15. The highest BCUT2D eigenvalue weighted by atomic mass is 32.1. The van der Waals surface area contributed by atoms with Crippen molar-refractivity contribution in [1.82, 2.24) is 14.6 Å². The largest absolute Gasteiger partial charge is 0.467 e. The van der Waals surface area contributed by atoms with E-state index >= 15 is 0 Å². The van der Waals surface area contributed by atoms with Gasteiger partial charge in [-0.2, -0.15) is 4.52 Å². The summed E-state index contributed by atoms with van der Waals surface area (Å²) in [7, 11) is 0. The van der Waals surface area contributed by atoms with Crippen LogP contribution < -0.4 is 10.5 Å². The van der Waals surface area contributed by atoms with E-state index in [2.05, 4.69) is 21.9 Å². The van der Waals surface area contributed by atoms with Crippen LogP contribution in [-0.4, -0.2) is 21.1 Å². The zero-order valence-corrected chi connectivity index (χ0v) is 13.0. The van der Waals surface area contributed by atoms with Gasteiger partial charge in [0.05, 0.1) is 12.3 Å². The molecule has 22 heavy (non-hydrogen) atoms. The Morgan fingerprint density at radius 1 is 1.41 bits per heavy atom. The van der Waals surface area contributed by atoms with Crippen LogP contribution in [0.5, 0.6) is 0 Å². The van der Waals surface area contributed by atoms with Gasteiger partial charge < -0.3 is 9.32 Å². The van der Waals surface area contributed by atoms with Crippen LogP contribution in [0.15, 0.2) is 39.9 Å². The van der Waals surface area contributed by atoms with Crippen LogP contribution in [0.25, 0.3) is 4.96 Å². The highest BCUT2D eigenvalue weighted by Gasteiger charge is 2.31. The Labute approximate surface area is 131 Å². The van der Waals surface area contributed by atoms with Gasteiger partial charge in [0.1, 0.15) is 5.76 Å². The molecule has 0 aliphatic carbocycles. The second-order valence-corrected chi connectivity index (χ2v) is 6.65. The Balaban J connectivity index is 1.77. The van der Waals surface area contributed by atoms with Gasteiger partial charge in [0.2, 0.25) is 10.1 Å². The second-order valence-electron chi connectivity index (χ2n) is 5.72. The summed E-state index contributed by atoms with van der Waals surface area (Å²) < 4.78 is 6.99. The lowest BCUT2D eigenvalue weighted by atomic mass is 9.91. The molecular formula is C15H16N4O2S. The summed E-state index contributed by atoms with van der Waals surface area (Å²) in [5.41, 5.74) is -0.146. The van der Waals surface area contributed by atoms with Crippen LogP contribution in [0.2, 0.25) is 0 Å². The van der Waals surface area contributed by atoms with E-state index in [1.807, 2.05) is 12.1 Å². The number of furan rings is 1. The van der Waals surface area contributed by atoms with Crippen molar-refractivity contribution >= 4 is 21.4 Å². The van der Waals surface area contributed by atoms with Gasteiger partial charge in [-0.1, -0.05) is 18.3 Å². The number of rotatable bonds is 2. The normalized spacial score (nSPS) is 22.3. The van der Waals surface area contributed by atoms with Gasteiger partial charge >= 0.3 is 0 Å². The van der Waals surface area contributed by atoms with E-state index in [4.69, 9.17) is 4.42 Å². The average Bonchev–Trinajstić information content (AvgIpc) is 3.17. The highest BCUT2D eigenvalue weighted by Crippen LogP contribution is 2.38. The standard InChI is InChI=1S/C15H16N4O2S/c1-10-5-7-18(11(9-10)12-3-2-8-21-12)15-17-19-13(20)4-6-16-14(19)22-15/h2-4,6,8,10-11H,5,7,9H2,1H3. The summed E-state index contributed by atoms with van der Waals surface area (Å²) in [6.45, 7) is 3.17. The minimum Gasteiger partial charge on any atom is -0.467 e. The minimum atomic E-state index is -0.146. The summed E-state index contributed by atoms with van der Waals surface area (Å²) in [5, 5.41) is 5.29. The van der Waals surface area contributed by atoms with Gasteiger partial charge in [-0.25, -0.2) is 4.98 Å². The molecule has 1 aliphatic rings. The third-order valence-electron chi connectivity index (χ3n) is 4.14. The molecule has 0 spiro atoms. The summed E-state index contributed by atoms with van der Waals surface area (Å²) >= 11 is 1.45. The van der Waals surface area contributed by atoms with Crippen molar-refractivity contribution in [3.05, 3.63) is 46.8 Å². The number of hydrogen-bond donors (Lipinski definition) is 0. The lowest BCUT2D eigenvalue weighted by Gasteiger charge is -2.36. The Kier molecular flexibility index (Phi) is 3.22. The number of hydrogen-bond acceptors (Lipinski definition) is 6. The lowest BCUT2D eigenvalue weighted by molar-refractivity contribution is 0.328. The lowest BCUT2D eigenvalue weighted by Crippen LogP contribution is -2.36. The molecule has 0 bridgehead atoms. The first kappa shape index (κ1) is 13.5. The number of aromatic nitrogens is 3. The zero-order valence-electron chi connectivity index (χ0n) is 12.2. The summed E-state index contributed by atoms with van der Waals surface area (Å²) in [6, 6.07) is 5.51. The number of piperidine rings is 1. The highest BCUT2D eigenvalue weighted by molar-refractivity contribution is 7.20. The van der Waals surface area contributed by atoms with Gasteiger partial charge in [-0.15, -0.1) is 5.10 Å². The van der Waals surface area contributed by atoms with Crippen molar-refractivity contribution in [1.29, 1.82) is 0 Å². The summed E-state index contributed by atoms with van der Waals surface area (Å²) in [6.07, 6.45) is 5.36. The monoisotopic (exact) mass is 316 g/mol. The molecule has 4 rings (SSSR count). The number of fused-ring (bicyclic) bond motifs is 1. The van der Waals surface area contributed by atoms with Gasteiger partial charge in [0.15, 0.2) is 0 Å². The van der Waals surface area contributed by atoms with Crippen molar-refractivity contribution < 1.29 is 4.42 Å². The number of anilines is 1. The first-order chi connectivity index (χ1) is 10.7. The molecule has 2 atom stereocenters. The Morgan fingerprint density at radius 3 is 3.09 bits per heavy atom. The van der Waals surface area contributed by atoms with Crippen molar-refractivity contribution in [2.75, 3.05) is 11.4 Å². The predicted octanol–water partition coefficient (Wildman–Crippen LogP) is 2.72. The Bertz CT molecular complexity index is 839. The van der Waals surface area contributed by atoms with Crippen LogP contribution in [0, 0.1) is 5.92 Å². The topological polar surface area (TPSA) is 63.6 Å². The molecule has 3 aromatic heterocycles. The van der Waals surface area contributed by atoms with E-state index < -0.39 is 0 Å². The van der Waals surface area contributed by atoms with E-state index in [9.17, 15) is 4.79 Å². The van der Waals surface area contributed by atoms with E-state index in [0.717, 1.165) is 30.3 Å². The maximum Gasteiger partial charge on any atom is 0.275 e. The summed E-state index contributed by atoms with van der Waals surface area (Å²) in [4.78, 5) is 19.0. The van der Waals surface area contributed by atoms with Crippen LogP contribution in [0.3, 0.4) is 0 Å². The van der Waals surface area contributed by atoms with Crippen molar-refractivity contribution in [2.45, 2.75) is 25.8 Å². The molecule has 0 saturated carbocycles. The molecule has 0 amide bonds. The zero-order chi connectivity index (χ0) is 15.1. The molecule has 0 aromatic carbocycles. The fourth-order valence-electron chi connectivity index (χ4n) is 2.97. The molecule has 6 nitrogen and oxygen atoms in total. The SMILES string of the molecule is CC1CCN(c2nn3c(=O)ccnc3s2)C(c2ccco2)C1. The van der Waals surface area contributed by atoms with Crippen LogP contribution in [0.1, 0.15) is 31.6 Å². The maximum atomic E-state index is 11.9. The van der Waals surface area contributed by atoms with E-state index in [-0.39, 0.29) is 11.6 Å². The first-order valence-electron chi connectivity index (χ1n) is 7.37. The van der Waals surface area contributed by atoms with Crippen molar-refractivity contribution in [2.24, 2.45) is 5.92 Å². The van der Waals surface area contributed by atoms with E-state index in [1.165, 1.54) is 28.1 Å².